The lowest BCUT2D eigenvalue weighted by Crippen LogP contribution is -2.41. The van der Waals surface area contributed by atoms with Crippen molar-refractivity contribution in [1.29, 1.82) is 0 Å². The molecule has 0 saturated heterocycles. The predicted octanol–water partition coefficient (Wildman–Crippen LogP) is 2.20. The van der Waals surface area contributed by atoms with Gasteiger partial charge in [-0.1, -0.05) is 18.5 Å². The van der Waals surface area contributed by atoms with Crippen LogP contribution in [0.4, 0.5) is 0 Å². The molecule has 0 bridgehead atoms. The van der Waals surface area contributed by atoms with Crippen LogP contribution >= 0.6 is 11.6 Å². The van der Waals surface area contributed by atoms with Crippen molar-refractivity contribution < 1.29 is 5.11 Å². The molecule has 4 nitrogen and oxygen atoms in total. The van der Waals surface area contributed by atoms with Crippen LogP contribution in [0, 0.1) is 0 Å². The minimum absolute atomic E-state index is 0.525. The monoisotopic (exact) mass is 271 g/mol. The van der Waals surface area contributed by atoms with E-state index < -0.39 is 5.60 Å². The molecule has 0 amide bonds. The minimum atomic E-state index is -0.813. The summed E-state index contributed by atoms with van der Waals surface area (Å²) in [4.78, 5) is 0. The van der Waals surface area contributed by atoms with E-state index in [2.05, 4.69) is 17.3 Å². The van der Waals surface area contributed by atoms with E-state index in [0.717, 1.165) is 44.3 Å². The summed E-state index contributed by atoms with van der Waals surface area (Å²) in [6.45, 7) is 3.22. The lowest BCUT2D eigenvalue weighted by atomic mass is 9.80. The summed E-state index contributed by atoms with van der Waals surface area (Å²) >= 11 is 6.13. The number of aliphatic hydroxyl groups is 1. The summed E-state index contributed by atoms with van der Waals surface area (Å²) in [5.74, 6) is 0. The first-order valence-electron chi connectivity index (χ1n) is 6.70. The summed E-state index contributed by atoms with van der Waals surface area (Å²) in [6, 6.07) is 0.525. The Morgan fingerprint density at radius 1 is 1.56 bits per heavy atom. The predicted molar refractivity (Wildman–Crippen MR) is 72.7 cm³/mol. The number of hydrogen-bond donors (Lipinski definition) is 2. The number of nitrogens with one attached hydrogen (secondary N) is 1. The highest BCUT2D eigenvalue weighted by molar-refractivity contribution is 6.31. The van der Waals surface area contributed by atoms with Gasteiger partial charge in [0.2, 0.25) is 0 Å². The molecular formula is C13H22ClN3O. The second-order valence-electron chi connectivity index (χ2n) is 5.22. The van der Waals surface area contributed by atoms with Crippen molar-refractivity contribution in [2.24, 2.45) is 7.05 Å². The van der Waals surface area contributed by atoms with Gasteiger partial charge in [0.15, 0.2) is 0 Å². The topological polar surface area (TPSA) is 50.1 Å². The van der Waals surface area contributed by atoms with Gasteiger partial charge in [0.05, 0.1) is 16.9 Å². The number of aromatic nitrogens is 2. The fraction of sp³-hybridized carbons (Fsp3) is 0.769. The maximum atomic E-state index is 10.8. The van der Waals surface area contributed by atoms with Crippen molar-refractivity contribution in [2.45, 2.75) is 50.7 Å². The van der Waals surface area contributed by atoms with Crippen LogP contribution in [0.2, 0.25) is 5.02 Å². The molecule has 1 aliphatic carbocycles. The largest absolute Gasteiger partial charge is 0.384 e. The lowest BCUT2D eigenvalue weighted by Gasteiger charge is -2.36. The summed E-state index contributed by atoms with van der Waals surface area (Å²) in [6.07, 6.45) is 6.21. The van der Waals surface area contributed by atoms with Crippen LogP contribution in [-0.2, 0) is 12.6 Å². The normalized spacial score (nSPS) is 28.6. The Labute approximate surface area is 113 Å². The van der Waals surface area contributed by atoms with Crippen molar-refractivity contribution >= 4 is 11.6 Å². The van der Waals surface area contributed by atoms with Gasteiger partial charge in [-0.3, -0.25) is 4.68 Å². The first-order valence-corrected chi connectivity index (χ1v) is 7.08. The van der Waals surface area contributed by atoms with Gasteiger partial charge in [-0.05, 0) is 38.6 Å². The Balaban J connectivity index is 2.03. The molecule has 0 aliphatic heterocycles. The Bertz CT molecular complexity index is 377. The summed E-state index contributed by atoms with van der Waals surface area (Å²) in [5, 5.41) is 19.0. The maximum Gasteiger partial charge on any atom is 0.108 e. The van der Waals surface area contributed by atoms with Gasteiger partial charge in [-0.15, -0.1) is 0 Å². The molecule has 1 aromatic heterocycles. The van der Waals surface area contributed by atoms with E-state index in [0.29, 0.717) is 11.1 Å². The van der Waals surface area contributed by atoms with Crippen LogP contribution in [0.15, 0.2) is 6.20 Å². The zero-order chi connectivity index (χ0) is 13.2. The molecule has 18 heavy (non-hydrogen) atoms. The van der Waals surface area contributed by atoms with Gasteiger partial charge in [0.1, 0.15) is 5.60 Å². The molecular weight excluding hydrogens is 250 g/mol. The molecule has 2 N–H and O–H groups in total. The molecule has 5 heteroatoms. The summed E-state index contributed by atoms with van der Waals surface area (Å²) in [5.41, 5.74) is -0.0506. The quantitative estimate of drug-likeness (QED) is 0.883. The Hall–Kier alpha value is -0.580. The van der Waals surface area contributed by atoms with Gasteiger partial charge in [0.25, 0.3) is 0 Å². The molecule has 0 radical (unpaired) electrons. The average Bonchev–Trinajstić information content (AvgIpc) is 2.69. The minimum Gasteiger partial charge on any atom is -0.384 e. The molecule has 102 valence electrons. The van der Waals surface area contributed by atoms with E-state index >= 15 is 0 Å². The third-order valence-electron chi connectivity index (χ3n) is 3.83. The second kappa shape index (κ2) is 5.59. The maximum absolute atomic E-state index is 10.8. The van der Waals surface area contributed by atoms with Crippen molar-refractivity contribution in [3.63, 3.8) is 0 Å². The van der Waals surface area contributed by atoms with Gasteiger partial charge >= 0.3 is 0 Å². The summed E-state index contributed by atoms with van der Waals surface area (Å²) < 4.78 is 1.70. The van der Waals surface area contributed by atoms with Crippen molar-refractivity contribution in [2.75, 3.05) is 6.54 Å². The molecule has 2 rings (SSSR count). The van der Waals surface area contributed by atoms with Gasteiger partial charge in [0, 0.05) is 13.1 Å². The van der Waals surface area contributed by atoms with Gasteiger partial charge in [-0.2, -0.15) is 5.10 Å². The zero-order valence-electron chi connectivity index (χ0n) is 11.1. The lowest BCUT2D eigenvalue weighted by molar-refractivity contribution is -0.0151. The Morgan fingerprint density at radius 2 is 2.22 bits per heavy atom. The van der Waals surface area contributed by atoms with E-state index in [4.69, 9.17) is 11.6 Å². The highest BCUT2D eigenvalue weighted by Crippen LogP contribution is 2.39. The number of nitrogens with zero attached hydrogens (tertiary/aromatic N) is 2. The Morgan fingerprint density at radius 3 is 2.72 bits per heavy atom. The van der Waals surface area contributed by atoms with E-state index in [1.54, 1.807) is 10.9 Å². The molecule has 1 aliphatic rings. The molecule has 0 atom stereocenters. The molecule has 1 fully saturated rings. The number of halogens is 1. The number of rotatable bonds is 4. The van der Waals surface area contributed by atoms with Crippen LogP contribution in [-0.4, -0.2) is 27.5 Å². The van der Waals surface area contributed by atoms with Gasteiger partial charge in [-0.25, -0.2) is 0 Å². The molecule has 1 heterocycles. The first kappa shape index (κ1) is 13.8. The zero-order valence-corrected chi connectivity index (χ0v) is 11.9. The molecule has 0 unspecified atom stereocenters. The first-order chi connectivity index (χ1) is 8.57. The molecule has 1 saturated carbocycles. The Kier molecular flexibility index (Phi) is 4.30. The van der Waals surface area contributed by atoms with Crippen LogP contribution in [0.1, 0.15) is 44.7 Å². The van der Waals surface area contributed by atoms with Crippen LogP contribution in [0.25, 0.3) is 0 Å². The third kappa shape index (κ3) is 2.71. The average molecular weight is 272 g/mol. The van der Waals surface area contributed by atoms with Crippen LogP contribution in [0.3, 0.4) is 0 Å². The van der Waals surface area contributed by atoms with E-state index in [-0.39, 0.29) is 0 Å². The second-order valence-corrected chi connectivity index (χ2v) is 5.63. The highest BCUT2D eigenvalue weighted by Gasteiger charge is 2.38. The smallest absolute Gasteiger partial charge is 0.108 e. The molecule has 1 aromatic rings. The van der Waals surface area contributed by atoms with Crippen molar-refractivity contribution in [3.05, 3.63) is 16.9 Å². The standard InChI is InChI=1S/C13H22ClN3O/c1-3-8-15-10-4-6-13(18,7-5-10)12-11(14)9-16-17(12)2/h9-10,15,18H,3-8H2,1-2H3. The van der Waals surface area contributed by atoms with Gasteiger partial charge < -0.3 is 10.4 Å². The number of hydrogen-bond acceptors (Lipinski definition) is 3. The fourth-order valence-corrected chi connectivity index (χ4v) is 3.16. The van der Waals surface area contributed by atoms with Crippen molar-refractivity contribution in [1.82, 2.24) is 15.1 Å². The summed E-state index contributed by atoms with van der Waals surface area (Å²) in [7, 11) is 1.83. The third-order valence-corrected chi connectivity index (χ3v) is 4.11. The van der Waals surface area contributed by atoms with Crippen LogP contribution in [0.5, 0.6) is 0 Å². The van der Waals surface area contributed by atoms with E-state index in [1.807, 2.05) is 7.05 Å². The van der Waals surface area contributed by atoms with Crippen LogP contribution < -0.4 is 5.32 Å². The fourth-order valence-electron chi connectivity index (χ4n) is 2.82. The number of aryl methyl sites for hydroxylation is 1. The van der Waals surface area contributed by atoms with E-state index in [9.17, 15) is 5.11 Å². The molecule has 0 spiro atoms. The SMILES string of the molecule is CCCNC1CCC(O)(c2c(Cl)cnn2C)CC1. The van der Waals surface area contributed by atoms with Crippen molar-refractivity contribution in [3.8, 4) is 0 Å². The highest BCUT2D eigenvalue weighted by atomic mass is 35.5. The molecule has 0 aromatic carbocycles. The van der Waals surface area contributed by atoms with E-state index in [1.165, 1.54) is 0 Å².